The Morgan fingerprint density at radius 2 is 1.94 bits per heavy atom. The summed E-state index contributed by atoms with van der Waals surface area (Å²) in [5.74, 6) is 1.61. The Morgan fingerprint density at radius 3 is 2.58 bits per heavy atom. The maximum Gasteiger partial charge on any atom is 0.191 e. The number of aryl methyl sites for hydroxylation is 1. The summed E-state index contributed by atoms with van der Waals surface area (Å²) in [7, 11) is 3.91. The first-order chi connectivity index (χ1) is 15.4. The lowest BCUT2D eigenvalue weighted by molar-refractivity contribution is 0.0616. The van der Waals surface area contributed by atoms with Gasteiger partial charge in [-0.1, -0.05) is 24.3 Å². The van der Waals surface area contributed by atoms with E-state index in [1.165, 1.54) is 5.56 Å². The van der Waals surface area contributed by atoms with Gasteiger partial charge >= 0.3 is 0 Å². The molecule has 1 unspecified atom stereocenters. The van der Waals surface area contributed by atoms with Gasteiger partial charge in [0.15, 0.2) is 5.96 Å². The van der Waals surface area contributed by atoms with E-state index in [-0.39, 0.29) is 24.0 Å². The predicted octanol–water partition coefficient (Wildman–Crippen LogP) is 3.23. The summed E-state index contributed by atoms with van der Waals surface area (Å²) in [5, 5.41) is 21.5. The van der Waals surface area contributed by atoms with Gasteiger partial charge < -0.3 is 20.2 Å². The number of benzene rings is 1. The van der Waals surface area contributed by atoms with E-state index in [1.54, 1.807) is 24.1 Å². The molecule has 180 valence electrons. The SMILES string of the molecule is CCNC(=NCc1ccccc1CN(C)Cc1ccco1)NCC(C)(O)c1cnn(C)c1.I. The van der Waals surface area contributed by atoms with Crippen LogP contribution in [-0.4, -0.2) is 45.9 Å². The number of rotatable bonds is 10. The molecule has 2 heterocycles. The molecule has 1 atom stereocenters. The first-order valence-corrected chi connectivity index (χ1v) is 10.9. The van der Waals surface area contributed by atoms with Crippen LogP contribution in [-0.2, 0) is 32.3 Å². The molecule has 0 fully saturated rings. The highest BCUT2D eigenvalue weighted by molar-refractivity contribution is 14.0. The van der Waals surface area contributed by atoms with E-state index in [0.717, 1.165) is 36.5 Å². The first-order valence-electron chi connectivity index (χ1n) is 10.9. The monoisotopic (exact) mass is 566 g/mol. The average Bonchev–Trinajstić information content (AvgIpc) is 3.43. The lowest BCUT2D eigenvalue weighted by Crippen LogP contribution is -2.44. The smallest absolute Gasteiger partial charge is 0.191 e. The minimum atomic E-state index is -1.06. The third kappa shape index (κ3) is 8.17. The molecule has 0 aliphatic carbocycles. The topological polar surface area (TPSA) is 90.8 Å². The van der Waals surface area contributed by atoms with Crippen LogP contribution >= 0.6 is 24.0 Å². The van der Waals surface area contributed by atoms with Crippen molar-refractivity contribution < 1.29 is 9.52 Å². The van der Waals surface area contributed by atoms with E-state index in [2.05, 4.69) is 45.9 Å². The van der Waals surface area contributed by atoms with Crippen molar-refractivity contribution >= 4 is 29.9 Å². The van der Waals surface area contributed by atoms with Crippen molar-refractivity contribution in [2.45, 2.75) is 39.1 Å². The molecule has 0 saturated heterocycles. The van der Waals surface area contributed by atoms with Crippen molar-refractivity contribution in [2.75, 3.05) is 20.1 Å². The van der Waals surface area contributed by atoms with E-state index >= 15 is 0 Å². The molecule has 9 heteroatoms. The minimum absolute atomic E-state index is 0. The van der Waals surface area contributed by atoms with Crippen molar-refractivity contribution in [3.8, 4) is 0 Å². The zero-order valence-electron chi connectivity index (χ0n) is 19.8. The van der Waals surface area contributed by atoms with Crippen LogP contribution in [0.15, 0.2) is 64.5 Å². The maximum absolute atomic E-state index is 10.8. The number of halogens is 1. The fourth-order valence-corrected chi connectivity index (χ4v) is 3.44. The van der Waals surface area contributed by atoms with Gasteiger partial charge in [-0.15, -0.1) is 24.0 Å². The van der Waals surface area contributed by atoms with Crippen molar-refractivity contribution in [2.24, 2.45) is 12.0 Å². The lowest BCUT2D eigenvalue weighted by atomic mass is 10.00. The summed E-state index contributed by atoms with van der Waals surface area (Å²) in [4.78, 5) is 6.97. The van der Waals surface area contributed by atoms with E-state index in [0.29, 0.717) is 19.0 Å². The number of nitrogens with one attached hydrogen (secondary N) is 2. The fourth-order valence-electron chi connectivity index (χ4n) is 3.44. The molecule has 1 aromatic carbocycles. The van der Waals surface area contributed by atoms with Gasteiger partial charge in [0.1, 0.15) is 11.4 Å². The van der Waals surface area contributed by atoms with Crippen LogP contribution in [0, 0.1) is 0 Å². The summed E-state index contributed by atoms with van der Waals surface area (Å²) in [6, 6.07) is 12.2. The summed E-state index contributed by atoms with van der Waals surface area (Å²) in [5.41, 5.74) is 2.09. The molecule has 3 rings (SSSR count). The lowest BCUT2D eigenvalue weighted by Gasteiger charge is -2.24. The average molecular weight is 566 g/mol. The second-order valence-corrected chi connectivity index (χ2v) is 8.25. The maximum atomic E-state index is 10.8. The molecule has 8 nitrogen and oxygen atoms in total. The van der Waals surface area contributed by atoms with Gasteiger partial charge in [-0.2, -0.15) is 5.10 Å². The molecule has 0 aliphatic rings. The summed E-state index contributed by atoms with van der Waals surface area (Å²) in [6.45, 7) is 6.92. The zero-order valence-corrected chi connectivity index (χ0v) is 22.1. The molecule has 0 spiro atoms. The van der Waals surface area contributed by atoms with Crippen LogP contribution in [0.3, 0.4) is 0 Å². The number of aliphatic hydroxyl groups is 1. The Labute approximate surface area is 213 Å². The van der Waals surface area contributed by atoms with Gasteiger partial charge in [-0.3, -0.25) is 9.58 Å². The second-order valence-electron chi connectivity index (χ2n) is 8.25. The number of aromatic nitrogens is 2. The van der Waals surface area contributed by atoms with E-state index in [1.807, 2.05) is 38.4 Å². The van der Waals surface area contributed by atoms with E-state index < -0.39 is 5.60 Å². The summed E-state index contributed by atoms with van der Waals surface area (Å²) >= 11 is 0. The normalized spacial score (nSPS) is 13.5. The quantitative estimate of drug-likeness (QED) is 0.199. The molecule has 3 N–H and O–H groups in total. The molecule has 3 aromatic rings. The Bertz CT molecular complexity index is 1000. The van der Waals surface area contributed by atoms with Gasteiger partial charge in [-0.05, 0) is 44.2 Å². The van der Waals surface area contributed by atoms with E-state index in [4.69, 9.17) is 9.41 Å². The Hall–Kier alpha value is -2.37. The first kappa shape index (κ1) is 26.9. The Balaban J connectivity index is 0.00000385. The Morgan fingerprint density at radius 1 is 1.18 bits per heavy atom. The van der Waals surface area contributed by atoms with Crippen LogP contribution in [0.1, 0.15) is 36.3 Å². The van der Waals surface area contributed by atoms with Gasteiger partial charge in [0.25, 0.3) is 0 Å². The molecule has 0 radical (unpaired) electrons. The highest BCUT2D eigenvalue weighted by Crippen LogP contribution is 2.18. The summed E-state index contributed by atoms with van der Waals surface area (Å²) < 4.78 is 7.14. The highest BCUT2D eigenvalue weighted by atomic mass is 127. The van der Waals surface area contributed by atoms with Crippen molar-refractivity contribution in [1.82, 2.24) is 25.3 Å². The number of guanidine groups is 1. The standard InChI is InChI=1S/C24H34N6O2.HI/c1-5-25-23(27-18-24(2,31)21-14-28-30(4)16-21)26-13-19-9-6-7-10-20(19)15-29(3)17-22-11-8-12-32-22;/h6-12,14,16,31H,5,13,15,17-18H2,1-4H3,(H2,25,26,27);1H. The molecule has 0 aliphatic heterocycles. The predicted molar refractivity (Wildman–Crippen MR) is 141 cm³/mol. The largest absolute Gasteiger partial charge is 0.468 e. The van der Waals surface area contributed by atoms with Crippen molar-refractivity contribution in [3.63, 3.8) is 0 Å². The minimum Gasteiger partial charge on any atom is -0.468 e. The molecule has 2 aromatic heterocycles. The molecular weight excluding hydrogens is 531 g/mol. The number of aliphatic imine (C=N–C) groups is 1. The van der Waals surface area contributed by atoms with E-state index in [9.17, 15) is 5.11 Å². The van der Waals surface area contributed by atoms with Crippen LogP contribution < -0.4 is 10.6 Å². The number of hydrogen-bond acceptors (Lipinski definition) is 5. The van der Waals surface area contributed by atoms with Crippen molar-refractivity contribution in [3.05, 3.63) is 77.5 Å². The van der Waals surface area contributed by atoms with Gasteiger partial charge in [-0.25, -0.2) is 4.99 Å². The van der Waals surface area contributed by atoms with Crippen LogP contribution in [0.5, 0.6) is 0 Å². The Kier molecular flexibility index (Phi) is 10.4. The van der Waals surface area contributed by atoms with Gasteiger partial charge in [0, 0.05) is 31.9 Å². The number of nitrogens with zero attached hydrogens (tertiary/aromatic N) is 4. The van der Waals surface area contributed by atoms with Gasteiger partial charge in [0.05, 0.1) is 32.1 Å². The van der Waals surface area contributed by atoms with Crippen LogP contribution in [0.2, 0.25) is 0 Å². The molecule has 0 saturated carbocycles. The zero-order chi connectivity index (χ0) is 23.0. The third-order valence-corrected chi connectivity index (χ3v) is 5.24. The number of hydrogen-bond donors (Lipinski definition) is 3. The second kappa shape index (κ2) is 12.8. The molecule has 33 heavy (non-hydrogen) atoms. The summed E-state index contributed by atoms with van der Waals surface area (Å²) in [6.07, 6.45) is 5.20. The van der Waals surface area contributed by atoms with Gasteiger partial charge in [0.2, 0.25) is 0 Å². The number of furan rings is 1. The van der Waals surface area contributed by atoms with Crippen LogP contribution in [0.25, 0.3) is 0 Å². The fraction of sp³-hybridized carbons (Fsp3) is 0.417. The molecule has 0 bridgehead atoms. The molecular formula is C24H35IN6O2. The van der Waals surface area contributed by atoms with Crippen LogP contribution in [0.4, 0.5) is 0 Å². The highest BCUT2D eigenvalue weighted by Gasteiger charge is 2.25. The van der Waals surface area contributed by atoms with Crippen molar-refractivity contribution in [1.29, 1.82) is 0 Å². The third-order valence-electron chi connectivity index (χ3n) is 5.24. The molecule has 0 amide bonds.